The minimum absolute atomic E-state index is 0.0180. The Labute approximate surface area is 197 Å². The van der Waals surface area contributed by atoms with Gasteiger partial charge in [0.1, 0.15) is 6.04 Å². The van der Waals surface area contributed by atoms with Gasteiger partial charge in [-0.15, -0.1) is 0 Å². The first kappa shape index (κ1) is 21.9. The standard InChI is InChI=1S/C25H27ClN4O3/c26-18-4-1-15(2-5-18)17-3-6-21-20(13-17)25(33)30-12-9-19(14-22(30)24(32)29-21)28-23(31)16-7-10-27-11-8-16/h1-6,13,16,19,22,27H,7-12,14H2,(H,28,31)(H,29,32). The smallest absolute Gasteiger partial charge is 0.256 e. The summed E-state index contributed by atoms with van der Waals surface area (Å²) < 4.78 is 0. The van der Waals surface area contributed by atoms with E-state index < -0.39 is 6.04 Å². The van der Waals surface area contributed by atoms with Crippen molar-refractivity contribution in [2.75, 3.05) is 25.0 Å². The molecule has 2 aromatic rings. The third kappa shape index (κ3) is 4.48. The summed E-state index contributed by atoms with van der Waals surface area (Å²) in [5.41, 5.74) is 2.83. The molecule has 0 aliphatic carbocycles. The van der Waals surface area contributed by atoms with Crippen LogP contribution in [0.15, 0.2) is 42.5 Å². The largest absolute Gasteiger partial charge is 0.353 e. The molecule has 3 aliphatic rings. The van der Waals surface area contributed by atoms with Gasteiger partial charge in [0.25, 0.3) is 5.91 Å². The van der Waals surface area contributed by atoms with Gasteiger partial charge < -0.3 is 20.9 Å². The Morgan fingerprint density at radius 3 is 2.48 bits per heavy atom. The highest BCUT2D eigenvalue weighted by molar-refractivity contribution is 6.30. The van der Waals surface area contributed by atoms with E-state index in [2.05, 4.69) is 16.0 Å². The molecule has 3 heterocycles. The fourth-order valence-electron chi connectivity index (χ4n) is 5.01. The molecule has 0 bridgehead atoms. The number of hydrogen-bond donors (Lipinski definition) is 3. The lowest BCUT2D eigenvalue weighted by Crippen LogP contribution is -2.55. The number of anilines is 1. The Morgan fingerprint density at radius 2 is 1.73 bits per heavy atom. The Hall–Kier alpha value is -2.90. The number of nitrogens with zero attached hydrogens (tertiary/aromatic N) is 1. The molecule has 2 atom stereocenters. The van der Waals surface area contributed by atoms with Crippen molar-refractivity contribution in [2.24, 2.45) is 5.92 Å². The molecule has 172 valence electrons. The fourth-order valence-corrected chi connectivity index (χ4v) is 5.14. The number of hydrogen-bond acceptors (Lipinski definition) is 4. The molecule has 3 aliphatic heterocycles. The van der Waals surface area contributed by atoms with Gasteiger partial charge in [0.2, 0.25) is 11.8 Å². The monoisotopic (exact) mass is 466 g/mol. The lowest BCUT2D eigenvalue weighted by Gasteiger charge is -2.38. The summed E-state index contributed by atoms with van der Waals surface area (Å²) in [7, 11) is 0. The van der Waals surface area contributed by atoms with Gasteiger partial charge in [-0.1, -0.05) is 29.8 Å². The van der Waals surface area contributed by atoms with Crippen LogP contribution < -0.4 is 16.0 Å². The van der Waals surface area contributed by atoms with E-state index in [0.717, 1.165) is 37.1 Å². The Bertz CT molecular complexity index is 1080. The molecule has 0 radical (unpaired) electrons. The van der Waals surface area contributed by atoms with Crippen molar-refractivity contribution in [1.29, 1.82) is 0 Å². The van der Waals surface area contributed by atoms with Crippen LogP contribution >= 0.6 is 11.6 Å². The van der Waals surface area contributed by atoms with Crippen LogP contribution in [0.5, 0.6) is 0 Å². The van der Waals surface area contributed by atoms with Crippen LogP contribution in [0.25, 0.3) is 11.1 Å². The third-order valence-corrected chi connectivity index (χ3v) is 7.16. The van der Waals surface area contributed by atoms with Crippen LogP contribution in [0.1, 0.15) is 36.0 Å². The van der Waals surface area contributed by atoms with E-state index in [0.29, 0.717) is 35.7 Å². The number of carbonyl (C=O) groups excluding carboxylic acids is 3. The van der Waals surface area contributed by atoms with Crippen LogP contribution in [0.2, 0.25) is 5.02 Å². The number of amides is 3. The molecule has 8 heteroatoms. The minimum atomic E-state index is -0.601. The fraction of sp³-hybridized carbons (Fsp3) is 0.400. The van der Waals surface area contributed by atoms with E-state index in [1.165, 1.54) is 0 Å². The Balaban J connectivity index is 1.33. The third-order valence-electron chi connectivity index (χ3n) is 6.91. The highest BCUT2D eigenvalue weighted by Gasteiger charge is 2.40. The summed E-state index contributed by atoms with van der Waals surface area (Å²) in [6.45, 7) is 2.14. The van der Waals surface area contributed by atoms with Gasteiger partial charge >= 0.3 is 0 Å². The van der Waals surface area contributed by atoms with Gasteiger partial charge in [-0.25, -0.2) is 0 Å². The number of piperidine rings is 2. The van der Waals surface area contributed by atoms with E-state index in [-0.39, 0.29) is 29.7 Å². The average molecular weight is 467 g/mol. The van der Waals surface area contributed by atoms with E-state index >= 15 is 0 Å². The number of nitrogens with one attached hydrogen (secondary N) is 3. The number of carbonyl (C=O) groups is 3. The second-order valence-electron chi connectivity index (χ2n) is 9.03. The number of halogens is 1. The Kier molecular flexibility index (Phi) is 6.08. The van der Waals surface area contributed by atoms with Crippen LogP contribution in [0.3, 0.4) is 0 Å². The summed E-state index contributed by atoms with van der Waals surface area (Å²) in [6.07, 6.45) is 2.72. The highest BCUT2D eigenvalue weighted by atomic mass is 35.5. The second kappa shape index (κ2) is 9.15. The summed E-state index contributed by atoms with van der Waals surface area (Å²) in [6, 6.07) is 12.2. The zero-order chi connectivity index (χ0) is 22.9. The lowest BCUT2D eigenvalue weighted by atomic mass is 9.93. The molecule has 0 spiro atoms. The van der Waals surface area contributed by atoms with Crippen LogP contribution in [-0.4, -0.2) is 54.3 Å². The number of rotatable bonds is 3. The predicted molar refractivity (Wildman–Crippen MR) is 127 cm³/mol. The molecule has 2 saturated heterocycles. The molecular weight excluding hydrogens is 440 g/mol. The van der Waals surface area contributed by atoms with E-state index in [9.17, 15) is 14.4 Å². The molecular formula is C25H27ClN4O3. The van der Waals surface area contributed by atoms with Gasteiger partial charge in [0.15, 0.2) is 0 Å². The van der Waals surface area contributed by atoms with Crippen molar-refractivity contribution in [2.45, 2.75) is 37.8 Å². The van der Waals surface area contributed by atoms with Gasteiger partial charge in [-0.2, -0.15) is 0 Å². The van der Waals surface area contributed by atoms with Crippen molar-refractivity contribution < 1.29 is 14.4 Å². The highest BCUT2D eigenvalue weighted by Crippen LogP contribution is 2.32. The quantitative estimate of drug-likeness (QED) is 0.648. The van der Waals surface area contributed by atoms with Gasteiger partial charge in [0, 0.05) is 23.5 Å². The van der Waals surface area contributed by atoms with Crippen molar-refractivity contribution in [3.63, 3.8) is 0 Å². The maximum atomic E-state index is 13.4. The van der Waals surface area contributed by atoms with Gasteiger partial charge in [-0.3, -0.25) is 14.4 Å². The normalized spacial score (nSPS) is 23.2. The summed E-state index contributed by atoms with van der Waals surface area (Å²) >= 11 is 6.00. The molecule has 0 aromatic heterocycles. The zero-order valence-corrected chi connectivity index (χ0v) is 19.0. The molecule has 3 amide bonds. The van der Waals surface area contributed by atoms with Crippen molar-refractivity contribution >= 4 is 35.0 Å². The average Bonchev–Trinajstić information content (AvgIpc) is 2.94. The lowest BCUT2D eigenvalue weighted by molar-refractivity contribution is -0.128. The van der Waals surface area contributed by atoms with E-state index in [4.69, 9.17) is 11.6 Å². The summed E-state index contributed by atoms with van der Waals surface area (Å²) in [5.74, 6) is -0.287. The molecule has 2 aromatic carbocycles. The Morgan fingerprint density at radius 1 is 1.00 bits per heavy atom. The summed E-state index contributed by atoms with van der Waals surface area (Å²) in [5, 5.41) is 9.99. The van der Waals surface area contributed by atoms with E-state index in [1.807, 2.05) is 36.4 Å². The topological polar surface area (TPSA) is 90.5 Å². The maximum Gasteiger partial charge on any atom is 0.256 e. The second-order valence-corrected chi connectivity index (χ2v) is 9.46. The molecule has 3 N–H and O–H groups in total. The van der Waals surface area contributed by atoms with E-state index in [1.54, 1.807) is 11.0 Å². The van der Waals surface area contributed by atoms with Crippen LogP contribution in [0.4, 0.5) is 5.69 Å². The SMILES string of the molecule is O=C(NC1CCN2C(=O)c3cc(-c4ccc(Cl)cc4)ccc3NC(=O)C2C1)C1CCNCC1. The van der Waals surface area contributed by atoms with Crippen molar-refractivity contribution in [3.8, 4) is 11.1 Å². The minimum Gasteiger partial charge on any atom is -0.353 e. The predicted octanol–water partition coefficient (Wildman–Crippen LogP) is 3.05. The van der Waals surface area contributed by atoms with Gasteiger partial charge in [-0.05, 0) is 74.2 Å². The van der Waals surface area contributed by atoms with Crippen molar-refractivity contribution in [3.05, 3.63) is 53.1 Å². The molecule has 5 rings (SSSR count). The maximum absolute atomic E-state index is 13.4. The van der Waals surface area contributed by atoms with Gasteiger partial charge in [0.05, 0.1) is 11.3 Å². The summed E-state index contributed by atoms with van der Waals surface area (Å²) in [4.78, 5) is 40.8. The molecule has 33 heavy (non-hydrogen) atoms. The van der Waals surface area contributed by atoms with Crippen LogP contribution in [0, 0.1) is 5.92 Å². The molecule has 2 unspecified atom stereocenters. The number of benzene rings is 2. The van der Waals surface area contributed by atoms with Crippen molar-refractivity contribution in [1.82, 2.24) is 15.5 Å². The molecule has 0 saturated carbocycles. The first-order valence-electron chi connectivity index (χ1n) is 11.5. The van der Waals surface area contributed by atoms with Crippen LogP contribution in [-0.2, 0) is 9.59 Å². The molecule has 7 nitrogen and oxygen atoms in total. The number of fused-ring (bicyclic) bond motifs is 2. The zero-order valence-electron chi connectivity index (χ0n) is 18.3. The molecule has 2 fully saturated rings. The first-order valence-corrected chi connectivity index (χ1v) is 11.9. The first-order chi connectivity index (χ1) is 16.0.